The third-order valence-electron chi connectivity index (χ3n) is 4.34. The second-order valence-corrected chi connectivity index (χ2v) is 7.56. The molecule has 2 aromatic rings. The molecule has 6 heteroatoms. The molecular weight excluding hydrogens is 362 g/mol. The van der Waals surface area contributed by atoms with Crippen LogP contribution in [0, 0.1) is 6.92 Å². The van der Waals surface area contributed by atoms with Gasteiger partial charge < -0.3 is 16.0 Å². The lowest BCUT2D eigenvalue weighted by atomic mass is 10.0. The van der Waals surface area contributed by atoms with Crippen molar-refractivity contribution in [3.8, 4) is 0 Å². The second kappa shape index (κ2) is 8.91. The number of aryl methyl sites for hydroxylation is 1. The highest BCUT2D eigenvalue weighted by molar-refractivity contribution is 6.34. The highest BCUT2D eigenvalue weighted by atomic mass is 35.5. The van der Waals surface area contributed by atoms with Crippen LogP contribution in [0.5, 0.6) is 0 Å². The van der Waals surface area contributed by atoms with E-state index in [2.05, 4.69) is 16.0 Å². The van der Waals surface area contributed by atoms with E-state index in [1.54, 1.807) is 18.2 Å². The van der Waals surface area contributed by atoms with Gasteiger partial charge in [0.2, 0.25) is 5.91 Å². The Hall–Kier alpha value is -2.53. The molecule has 5 nitrogen and oxygen atoms in total. The molecule has 0 spiro atoms. The lowest BCUT2D eigenvalue weighted by Gasteiger charge is -2.24. The second-order valence-electron chi connectivity index (χ2n) is 7.15. The molecule has 0 radical (unpaired) electrons. The number of hydrogen-bond donors (Lipinski definition) is 3. The van der Waals surface area contributed by atoms with Gasteiger partial charge >= 0.3 is 0 Å². The summed E-state index contributed by atoms with van der Waals surface area (Å²) in [6, 6.07) is 12.6. The Morgan fingerprint density at radius 3 is 2.26 bits per heavy atom. The van der Waals surface area contributed by atoms with E-state index in [4.69, 9.17) is 11.6 Å². The Bertz CT molecular complexity index is 817. The van der Waals surface area contributed by atoms with E-state index in [0.29, 0.717) is 16.3 Å². The van der Waals surface area contributed by atoms with Crippen LogP contribution in [0.25, 0.3) is 0 Å². The highest BCUT2D eigenvalue weighted by Gasteiger charge is 2.20. The van der Waals surface area contributed by atoms with E-state index in [1.807, 2.05) is 52.0 Å². The van der Waals surface area contributed by atoms with Crippen molar-refractivity contribution in [1.29, 1.82) is 0 Å². The maximum atomic E-state index is 12.4. The van der Waals surface area contributed by atoms with Crippen molar-refractivity contribution in [3.05, 3.63) is 58.6 Å². The standard InChI is InChI=1S/C21H26ClN3O2/c1-5-21(3,4)25-20(27)17-11-10-16(12-18(17)22)23-13-19(26)24-15-8-6-14(2)7-9-15/h6-12,23H,5,13H2,1-4H3,(H,24,26)(H,25,27). The van der Waals surface area contributed by atoms with Crippen LogP contribution >= 0.6 is 11.6 Å². The molecule has 144 valence electrons. The van der Waals surface area contributed by atoms with E-state index in [9.17, 15) is 9.59 Å². The zero-order valence-corrected chi connectivity index (χ0v) is 16.9. The molecule has 2 aromatic carbocycles. The highest BCUT2D eigenvalue weighted by Crippen LogP contribution is 2.22. The number of carbonyl (C=O) groups excluding carboxylic acids is 2. The minimum atomic E-state index is -0.300. The number of amides is 2. The maximum Gasteiger partial charge on any atom is 0.253 e. The summed E-state index contributed by atoms with van der Waals surface area (Å²) in [5, 5.41) is 9.12. The average molecular weight is 388 g/mol. The van der Waals surface area contributed by atoms with Gasteiger partial charge in [-0.05, 0) is 57.5 Å². The van der Waals surface area contributed by atoms with Crippen molar-refractivity contribution in [2.75, 3.05) is 17.2 Å². The van der Waals surface area contributed by atoms with E-state index >= 15 is 0 Å². The number of anilines is 2. The number of rotatable bonds is 7. The Labute approximate surface area is 165 Å². The van der Waals surface area contributed by atoms with Gasteiger partial charge in [0.05, 0.1) is 17.1 Å². The fourth-order valence-corrected chi connectivity index (χ4v) is 2.56. The Morgan fingerprint density at radius 2 is 1.67 bits per heavy atom. The molecule has 0 fully saturated rings. The van der Waals surface area contributed by atoms with Crippen molar-refractivity contribution in [1.82, 2.24) is 5.32 Å². The Balaban J connectivity index is 1.94. The Morgan fingerprint density at radius 1 is 1.04 bits per heavy atom. The van der Waals surface area contributed by atoms with Crippen molar-refractivity contribution in [2.24, 2.45) is 0 Å². The molecular formula is C21H26ClN3O2. The maximum absolute atomic E-state index is 12.4. The first-order valence-corrected chi connectivity index (χ1v) is 9.30. The minimum Gasteiger partial charge on any atom is -0.376 e. The van der Waals surface area contributed by atoms with Crippen LogP contribution in [0.3, 0.4) is 0 Å². The fraction of sp³-hybridized carbons (Fsp3) is 0.333. The largest absolute Gasteiger partial charge is 0.376 e. The van der Waals surface area contributed by atoms with Gasteiger partial charge in [-0.3, -0.25) is 9.59 Å². The summed E-state index contributed by atoms with van der Waals surface area (Å²) in [5.41, 5.74) is 2.66. The number of carbonyl (C=O) groups is 2. The zero-order chi connectivity index (χ0) is 20.0. The van der Waals surface area contributed by atoms with E-state index in [-0.39, 0.29) is 23.9 Å². The van der Waals surface area contributed by atoms with Gasteiger partial charge in [0.25, 0.3) is 5.91 Å². The van der Waals surface area contributed by atoms with Crippen LogP contribution in [-0.2, 0) is 4.79 Å². The van der Waals surface area contributed by atoms with E-state index in [1.165, 1.54) is 0 Å². The summed E-state index contributed by atoms with van der Waals surface area (Å²) < 4.78 is 0. The summed E-state index contributed by atoms with van der Waals surface area (Å²) in [6.45, 7) is 8.02. The normalized spacial score (nSPS) is 11.0. The molecule has 0 unspecified atom stereocenters. The number of hydrogen-bond acceptors (Lipinski definition) is 3. The summed E-state index contributed by atoms with van der Waals surface area (Å²) in [7, 11) is 0. The van der Waals surface area contributed by atoms with Gasteiger partial charge in [-0.15, -0.1) is 0 Å². The molecule has 0 aliphatic rings. The van der Waals surface area contributed by atoms with Crippen LogP contribution in [0.4, 0.5) is 11.4 Å². The predicted octanol–water partition coefficient (Wildman–Crippen LogP) is 4.62. The predicted molar refractivity (Wildman–Crippen MR) is 112 cm³/mol. The smallest absolute Gasteiger partial charge is 0.253 e. The molecule has 2 amide bonds. The van der Waals surface area contributed by atoms with Gasteiger partial charge in [0.15, 0.2) is 0 Å². The van der Waals surface area contributed by atoms with Gasteiger partial charge in [-0.25, -0.2) is 0 Å². The first-order valence-electron chi connectivity index (χ1n) is 8.92. The third kappa shape index (κ3) is 6.29. The van der Waals surface area contributed by atoms with Gasteiger partial charge in [0.1, 0.15) is 0 Å². The quantitative estimate of drug-likeness (QED) is 0.649. The van der Waals surface area contributed by atoms with Crippen molar-refractivity contribution >= 4 is 34.8 Å². The van der Waals surface area contributed by atoms with Crippen LogP contribution in [-0.4, -0.2) is 23.9 Å². The van der Waals surface area contributed by atoms with E-state index < -0.39 is 0 Å². The lowest BCUT2D eigenvalue weighted by Crippen LogP contribution is -2.42. The molecule has 0 bridgehead atoms. The van der Waals surface area contributed by atoms with Crippen molar-refractivity contribution < 1.29 is 9.59 Å². The molecule has 2 rings (SSSR count). The summed E-state index contributed by atoms with van der Waals surface area (Å²) in [6.07, 6.45) is 0.812. The summed E-state index contributed by atoms with van der Waals surface area (Å²) in [5.74, 6) is -0.378. The number of nitrogens with one attached hydrogen (secondary N) is 3. The van der Waals surface area contributed by atoms with Gasteiger partial charge in [-0.1, -0.05) is 36.2 Å². The van der Waals surface area contributed by atoms with Crippen LogP contribution in [0.1, 0.15) is 43.1 Å². The zero-order valence-electron chi connectivity index (χ0n) is 16.2. The molecule has 0 saturated heterocycles. The van der Waals surface area contributed by atoms with Gasteiger partial charge in [-0.2, -0.15) is 0 Å². The molecule has 27 heavy (non-hydrogen) atoms. The molecule has 3 N–H and O–H groups in total. The first-order chi connectivity index (χ1) is 12.7. The monoisotopic (exact) mass is 387 g/mol. The number of benzene rings is 2. The molecule has 0 aliphatic carbocycles. The minimum absolute atomic E-state index is 0.0958. The lowest BCUT2D eigenvalue weighted by molar-refractivity contribution is -0.114. The number of halogens is 1. The topological polar surface area (TPSA) is 70.2 Å². The fourth-order valence-electron chi connectivity index (χ4n) is 2.30. The average Bonchev–Trinajstić information content (AvgIpc) is 2.61. The van der Waals surface area contributed by atoms with Crippen LogP contribution in [0.15, 0.2) is 42.5 Å². The molecule has 0 aliphatic heterocycles. The molecule has 0 atom stereocenters. The summed E-state index contributed by atoms with van der Waals surface area (Å²) in [4.78, 5) is 24.4. The van der Waals surface area contributed by atoms with Crippen molar-refractivity contribution in [3.63, 3.8) is 0 Å². The van der Waals surface area contributed by atoms with Crippen molar-refractivity contribution in [2.45, 2.75) is 39.7 Å². The van der Waals surface area contributed by atoms with Gasteiger partial charge in [0, 0.05) is 16.9 Å². The molecule has 0 heterocycles. The molecule has 0 aromatic heterocycles. The first kappa shape index (κ1) is 20.8. The molecule has 0 saturated carbocycles. The Kier molecular flexibility index (Phi) is 6.86. The van der Waals surface area contributed by atoms with Crippen LogP contribution < -0.4 is 16.0 Å². The third-order valence-corrected chi connectivity index (χ3v) is 4.65. The SMILES string of the molecule is CCC(C)(C)NC(=O)c1ccc(NCC(=O)Nc2ccc(C)cc2)cc1Cl. The van der Waals surface area contributed by atoms with Crippen LogP contribution in [0.2, 0.25) is 5.02 Å². The summed E-state index contributed by atoms with van der Waals surface area (Å²) >= 11 is 6.25. The van der Waals surface area contributed by atoms with E-state index in [0.717, 1.165) is 17.7 Å².